The molecule has 1 heterocycles. The lowest BCUT2D eigenvalue weighted by molar-refractivity contribution is -0.125. The standard InChI is InChI=1S/C31H31ClFN3O/c32-26-12-5-7-22(17-26)20-36-21-27(35-19-25-11-6-10-23-8-1-3-13-28(23)25)18-30(36)31(37)34-16-15-24-9-2-4-14-29(24)33/h1-14,17,27,30,35H,15-16,18-21H2,(H,34,37)/t27-,30-/m0/s1. The highest BCUT2D eigenvalue weighted by atomic mass is 35.5. The number of hydrogen-bond donors (Lipinski definition) is 2. The first-order valence-corrected chi connectivity index (χ1v) is 13.1. The van der Waals surface area contributed by atoms with E-state index >= 15 is 0 Å². The zero-order valence-corrected chi connectivity index (χ0v) is 21.4. The second-order valence-corrected chi connectivity index (χ2v) is 10.1. The molecular formula is C31H31ClFN3O. The summed E-state index contributed by atoms with van der Waals surface area (Å²) in [5, 5.41) is 9.90. The summed E-state index contributed by atoms with van der Waals surface area (Å²) in [4.78, 5) is 15.5. The van der Waals surface area contributed by atoms with Crippen molar-refractivity contribution < 1.29 is 9.18 Å². The summed E-state index contributed by atoms with van der Waals surface area (Å²) in [5.41, 5.74) is 2.93. The van der Waals surface area contributed by atoms with Crippen LogP contribution in [0, 0.1) is 5.82 Å². The van der Waals surface area contributed by atoms with Crippen molar-refractivity contribution in [3.8, 4) is 0 Å². The van der Waals surface area contributed by atoms with Crippen LogP contribution in [0.15, 0.2) is 91.0 Å². The Kier molecular flexibility index (Phi) is 8.15. The van der Waals surface area contributed by atoms with Crippen molar-refractivity contribution in [2.24, 2.45) is 0 Å². The largest absolute Gasteiger partial charge is 0.354 e. The molecule has 1 amide bonds. The molecule has 4 aromatic rings. The lowest BCUT2D eigenvalue weighted by Crippen LogP contribution is -2.43. The third-order valence-electron chi connectivity index (χ3n) is 7.09. The molecule has 6 heteroatoms. The summed E-state index contributed by atoms with van der Waals surface area (Å²) in [7, 11) is 0. The van der Waals surface area contributed by atoms with Gasteiger partial charge in [-0.25, -0.2) is 4.39 Å². The molecule has 0 radical (unpaired) electrons. The van der Waals surface area contributed by atoms with Crippen LogP contribution in [0.3, 0.4) is 0 Å². The van der Waals surface area contributed by atoms with Gasteiger partial charge >= 0.3 is 0 Å². The van der Waals surface area contributed by atoms with E-state index in [1.54, 1.807) is 12.1 Å². The first-order chi connectivity index (χ1) is 18.1. The highest BCUT2D eigenvalue weighted by molar-refractivity contribution is 6.30. The normalized spacial score (nSPS) is 17.8. The first-order valence-electron chi connectivity index (χ1n) is 12.8. The fraction of sp³-hybridized carbons (Fsp3) is 0.258. The molecule has 1 saturated heterocycles. The summed E-state index contributed by atoms with van der Waals surface area (Å²) in [5.74, 6) is -0.259. The van der Waals surface area contributed by atoms with E-state index in [9.17, 15) is 9.18 Å². The molecule has 1 aliphatic heterocycles. The number of carbonyl (C=O) groups is 1. The van der Waals surface area contributed by atoms with Crippen molar-refractivity contribution in [2.45, 2.75) is 38.0 Å². The van der Waals surface area contributed by atoms with Crippen molar-refractivity contribution in [3.63, 3.8) is 0 Å². The number of amides is 1. The number of likely N-dealkylation sites (tertiary alicyclic amines) is 1. The molecule has 0 aromatic heterocycles. The quantitative estimate of drug-likeness (QED) is 0.299. The van der Waals surface area contributed by atoms with Crippen LogP contribution in [-0.2, 0) is 24.3 Å². The SMILES string of the molecule is O=C(NCCc1ccccc1F)[C@@H]1C[C@H](NCc2cccc3ccccc23)CN1Cc1cccc(Cl)c1. The van der Waals surface area contributed by atoms with E-state index in [1.165, 1.54) is 22.4 Å². The summed E-state index contributed by atoms with van der Waals surface area (Å²) in [6.45, 7) is 2.52. The van der Waals surface area contributed by atoms with Crippen LogP contribution in [0.2, 0.25) is 5.02 Å². The molecular weight excluding hydrogens is 485 g/mol. The fourth-order valence-corrected chi connectivity index (χ4v) is 5.42. The van der Waals surface area contributed by atoms with Crippen LogP contribution >= 0.6 is 11.6 Å². The van der Waals surface area contributed by atoms with E-state index in [4.69, 9.17) is 11.6 Å². The van der Waals surface area contributed by atoms with E-state index in [0.29, 0.717) is 36.5 Å². The molecule has 0 spiro atoms. The van der Waals surface area contributed by atoms with Gasteiger partial charge in [0.15, 0.2) is 0 Å². The van der Waals surface area contributed by atoms with Crippen molar-refractivity contribution in [3.05, 3.63) is 119 Å². The predicted molar refractivity (Wildman–Crippen MR) is 148 cm³/mol. The van der Waals surface area contributed by atoms with Gasteiger partial charge in [0.25, 0.3) is 0 Å². The second-order valence-electron chi connectivity index (χ2n) is 9.66. The number of carbonyl (C=O) groups excluding carboxylic acids is 1. The maximum absolute atomic E-state index is 14.0. The van der Waals surface area contributed by atoms with E-state index in [-0.39, 0.29) is 23.8 Å². The maximum atomic E-state index is 14.0. The Hall–Kier alpha value is -3.25. The third kappa shape index (κ3) is 6.37. The van der Waals surface area contributed by atoms with Crippen LogP contribution < -0.4 is 10.6 Å². The smallest absolute Gasteiger partial charge is 0.237 e. The lowest BCUT2D eigenvalue weighted by Gasteiger charge is -2.23. The zero-order chi connectivity index (χ0) is 25.6. The van der Waals surface area contributed by atoms with Crippen LogP contribution in [0.4, 0.5) is 4.39 Å². The molecule has 5 rings (SSSR count). The molecule has 0 aliphatic carbocycles. The molecule has 2 N–H and O–H groups in total. The van der Waals surface area contributed by atoms with Gasteiger partial charge < -0.3 is 10.6 Å². The van der Waals surface area contributed by atoms with Crippen LogP contribution in [0.25, 0.3) is 10.8 Å². The number of nitrogens with zero attached hydrogens (tertiary/aromatic N) is 1. The molecule has 190 valence electrons. The molecule has 4 nitrogen and oxygen atoms in total. The number of halogens is 2. The summed E-state index contributed by atoms with van der Waals surface area (Å²) >= 11 is 6.22. The van der Waals surface area contributed by atoms with Crippen LogP contribution in [0.5, 0.6) is 0 Å². The fourth-order valence-electron chi connectivity index (χ4n) is 5.21. The van der Waals surface area contributed by atoms with Crippen molar-refractivity contribution in [2.75, 3.05) is 13.1 Å². The van der Waals surface area contributed by atoms with Crippen molar-refractivity contribution in [1.82, 2.24) is 15.5 Å². The first kappa shape index (κ1) is 25.4. The zero-order valence-electron chi connectivity index (χ0n) is 20.7. The minimum atomic E-state index is -0.274. The molecule has 4 aromatic carbocycles. The van der Waals surface area contributed by atoms with E-state index < -0.39 is 0 Å². The highest BCUT2D eigenvalue weighted by Gasteiger charge is 2.36. The molecule has 1 fully saturated rings. The molecule has 37 heavy (non-hydrogen) atoms. The van der Waals surface area contributed by atoms with E-state index in [1.807, 2.05) is 30.3 Å². The van der Waals surface area contributed by atoms with Gasteiger partial charge in [-0.2, -0.15) is 0 Å². The van der Waals surface area contributed by atoms with Gasteiger partial charge in [0, 0.05) is 37.2 Å². The molecule has 2 atom stereocenters. The molecule has 0 saturated carbocycles. The maximum Gasteiger partial charge on any atom is 0.237 e. The van der Waals surface area contributed by atoms with Gasteiger partial charge in [0.1, 0.15) is 5.82 Å². The van der Waals surface area contributed by atoms with Gasteiger partial charge in [0.2, 0.25) is 5.91 Å². The topological polar surface area (TPSA) is 44.4 Å². The number of fused-ring (bicyclic) bond motifs is 1. The summed E-state index contributed by atoms with van der Waals surface area (Å²) < 4.78 is 14.0. The van der Waals surface area contributed by atoms with Gasteiger partial charge in [-0.1, -0.05) is 84.4 Å². The van der Waals surface area contributed by atoms with E-state index in [0.717, 1.165) is 18.7 Å². The minimum Gasteiger partial charge on any atom is -0.354 e. The minimum absolute atomic E-state index is 0.0205. The highest BCUT2D eigenvalue weighted by Crippen LogP contribution is 2.24. The van der Waals surface area contributed by atoms with Gasteiger partial charge in [-0.05, 0) is 58.5 Å². The monoisotopic (exact) mass is 515 g/mol. The van der Waals surface area contributed by atoms with Gasteiger partial charge in [-0.15, -0.1) is 0 Å². The number of rotatable bonds is 9. The van der Waals surface area contributed by atoms with Crippen molar-refractivity contribution >= 4 is 28.3 Å². The summed E-state index contributed by atoms with van der Waals surface area (Å²) in [6, 6.07) is 29.1. The van der Waals surface area contributed by atoms with Crippen LogP contribution in [-0.4, -0.2) is 36.0 Å². The number of nitrogens with one attached hydrogen (secondary N) is 2. The van der Waals surface area contributed by atoms with Gasteiger partial charge in [0.05, 0.1) is 6.04 Å². The Morgan fingerprint density at radius 1 is 0.946 bits per heavy atom. The summed E-state index contributed by atoms with van der Waals surface area (Å²) in [6.07, 6.45) is 1.17. The van der Waals surface area contributed by atoms with Crippen LogP contribution in [0.1, 0.15) is 23.1 Å². The van der Waals surface area contributed by atoms with Crippen molar-refractivity contribution in [1.29, 1.82) is 0 Å². The van der Waals surface area contributed by atoms with Gasteiger partial charge in [-0.3, -0.25) is 9.69 Å². The number of benzene rings is 4. The molecule has 0 unspecified atom stereocenters. The average molecular weight is 516 g/mol. The Morgan fingerprint density at radius 3 is 2.57 bits per heavy atom. The van der Waals surface area contributed by atoms with E-state index in [2.05, 4.69) is 58.0 Å². The third-order valence-corrected chi connectivity index (χ3v) is 7.33. The Morgan fingerprint density at radius 2 is 1.70 bits per heavy atom. The predicted octanol–water partition coefficient (Wildman–Crippen LogP) is 5.72. The number of hydrogen-bond acceptors (Lipinski definition) is 3. The lowest BCUT2D eigenvalue weighted by atomic mass is 10.0. The molecule has 0 bridgehead atoms. The second kappa shape index (κ2) is 11.9. The Labute approximate surface area is 222 Å². The Balaban J connectivity index is 1.25. The Bertz CT molecular complexity index is 1370. The average Bonchev–Trinajstić information content (AvgIpc) is 3.31. The molecule has 1 aliphatic rings.